The summed E-state index contributed by atoms with van der Waals surface area (Å²) in [6.45, 7) is 14.3. The van der Waals surface area contributed by atoms with E-state index in [4.69, 9.17) is 19.2 Å². The molecule has 2 atom stereocenters. The molecule has 11 heteroatoms. The first-order chi connectivity index (χ1) is 21.1. The number of cyclic esters (lactones) is 1. The third kappa shape index (κ3) is 6.68. The molecule has 1 aromatic carbocycles. The highest BCUT2D eigenvalue weighted by Crippen LogP contribution is 2.45. The zero-order valence-electron chi connectivity index (χ0n) is 27.2. The Balaban J connectivity index is 1.50. The average Bonchev–Trinajstić information content (AvgIpc) is 3.31. The second-order valence-corrected chi connectivity index (χ2v) is 19.7. The van der Waals surface area contributed by atoms with E-state index in [-0.39, 0.29) is 31.4 Å². The lowest BCUT2D eigenvalue weighted by Gasteiger charge is -2.39. The van der Waals surface area contributed by atoms with E-state index in [0.29, 0.717) is 35.5 Å². The van der Waals surface area contributed by atoms with Crippen molar-refractivity contribution in [3.05, 3.63) is 63.4 Å². The van der Waals surface area contributed by atoms with Crippen molar-refractivity contribution in [2.45, 2.75) is 103 Å². The molecule has 1 N–H and O–H groups in total. The summed E-state index contributed by atoms with van der Waals surface area (Å²) < 4.78 is 18.9. The summed E-state index contributed by atoms with van der Waals surface area (Å²) in [6.07, 6.45) is -0.498. The van der Waals surface area contributed by atoms with Crippen molar-refractivity contribution in [3.8, 4) is 11.4 Å². The summed E-state index contributed by atoms with van der Waals surface area (Å²) in [5.74, 6) is -1.30. The maximum absolute atomic E-state index is 14.3. The maximum atomic E-state index is 14.3. The van der Waals surface area contributed by atoms with Crippen LogP contribution in [0.2, 0.25) is 25.7 Å². The molecule has 4 heterocycles. The summed E-state index contributed by atoms with van der Waals surface area (Å²) in [5, 5.41) is 3.61. The Hall–Kier alpha value is -3.99. The van der Waals surface area contributed by atoms with Crippen LogP contribution in [-0.4, -0.2) is 47.8 Å². The number of fused-ring (bicyclic) bond motifs is 5. The molecule has 10 nitrogen and oxygen atoms in total. The summed E-state index contributed by atoms with van der Waals surface area (Å²) >= 11 is 0. The Kier molecular flexibility index (Phi) is 8.69. The van der Waals surface area contributed by atoms with Crippen molar-refractivity contribution >= 4 is 37.0 Å². The van der Waals surface area contributed by atoms with Crippen LogP contribution in [0.1, 0.15) is 76.2 Å². The molecule has 5 rings (SSSR count). The van der Waals surface area contributed by atoms with E-state index >= 15 is 0 Å². The smallest absolute Gasteiger partial charge is 0.407 e. The number of nitrogens with zero attached hydrogens (tertiary/aromatic N) is 2. The lowest BCUT2D eigenvalue weighted by Crippen LogP contribution is -2.49. The van der Waals surface area contributed by atoms with Crippen molar-refractivity contribution in [2.75, 3.05) is 6.54 Å². The molecule has 240 valence electrons. The molecule has 0 radical (unpaired) electrons. The number of aromatic nitrogens is 2. The van der Waals surface area contributed by atoms with Crippen molar-refractivity contribution in [3.63, 3.8) is 0 Å². The van der Waals surface area contributed by atoms with Crippen molar-refractivity contribution in [2.24, 2.45) is 0 Å². The standard InChI is InChI=1S/C34H43N3O7Si/c1-8-34(43-27(38)14-11-16-35-32(41)44-33(2,3)4)23-19-25-29-22(18-21-12-9-10-13-24(21)36-29)20-37(25)30(39)28(23)26(42-31(34)40)15-17-45(5,6)7/h9-10,12-13,18-19,26H,8,11,14-17,20H2,1-7H3,(H,35,41). The quantitative estimate of drug-likeness (QED) is 0.0999. The Morgan fingerprint density at radius 2 is 1.89 bits per heavy atom. The molecule has 2 aliphatic rings. The van der Waals surface area contributed by atoms with Crippen LogP contribution in [-0.2, 0) is 35.9 Å². The van der Waals surface area contributed by atoms with Gasteiger partial charge in [0.25, 0.3) is 5.56 Å². The second kappa shape index (κ2) is 12.1. The Bertz CT molecular complexity index is 1720. The third-order valence-electron chi connectivity index (χ3n) is 8.22. The number of hydrogen-bond acceptors (Lipinski definition) is 8. The fraction of sp³-hybridized carbons (Fsp3) is 0.500. The topological polar surface area (TPSA) is 126 Å². The van der Waals surface area contributed by atoms with E-state index in [1.165, 1.54) is 0 Å². The van der Waals surface area contributed by atoms with Gasteiger partial charge in [-0.25, -0.2) is 14.6 Å². The van der Waals surface area contributed by atoms with Gasteiger partial charge in [-0.3, -0.25) is 9.59 Å². The van der Waals surface area contributed by atoms with Crippen LogP contribution < -0.4 is 10.9 Å². The zero-order chi connectivity index (χ0) is 32.7. The number of ether oxygens (including phenoxy) is 3. The first-order valence-corrected chi connectivity index (χ1v) is 19.4. The fourth-order valence-corrected chi connectivity index (χ4v) is 7.11. The predicted octanol–water partition coefficient (Wildman–Crippen LogP) is 6.20. The molecule has 2 aromatic heterocycles. The van der Waals surface area contributed by atoms with E-state index in [0.717, 1.165) is 22.5 Å². The van der Waals surface area contributed by atoms with E-state index < -0.39 is 43.4 Å². The van der Waals surface area contributed by atoms with Gasteiger partial charge in [0.05, 0.1) is 29.0 Å². The molecular formula is C34H43N3O7Si. The summed E-state index contributed by atoms with van der Waals surface area (Å²) in [7, 11) is -1.55. The second-order valence-electron chi connectivity index (χ2n) is 14.1. The molecule has 0 saturated carbocycles. The highest BCUT2D eigenvalue weighted by Gasteiger charge is 2.53. The van der Waals surface area contributed by atoms with E-state index in [1.54, 1.807) is 32.3 Å². The molecule has 0 fully saturated rings. The number of esters is 2. The van der Waals surface area contributed by atoms with Crippen LogP contribution in [0, 0.1) is 0 Å². The molecule has 45 heavy (non-hydrogen) atoms. The van der Waals surface area contributed by atoms with Gasteiger partial charge in [-0.2, -0.15) is 0 Å². The number of carbonyl (C=O) groups excluding carboxylic acids is 3. The van der Waals surface area contributed by atoms with E-state index in [2.05, 4.69) is 25.0 Å². The Morgan fingerprint density at radius 1 is 1.16 bits per heavy atom. The lowest BCUT2D eigenvalue weighted by atomic mass is 9.82. The molecule has 1 amide bonds. The van der Waals surface area contributed by atoms with Gasteiger partial charge >= 0.3 is 18.0 Å². The Labute approximate surface area is 264 Å². The number of pyridine rings is 2. The van der Waals surface area contributed by atoms with Crippen LogP contribution in [0.5, 0.6) is 0 Å². The first-order valence-electron chi connectivity index (χ1n) is 15.7. The van der Waals surface area contributed by atoms with Crippen LogP contribution >= 0.6 is 0 Å². The van der Waals surface area contributed by atoms with Crippen LogP contribution in [0.15, 0.2) is 41.2 Å². The van der Waals surface area contributed by atoms with Crippen molar-refractivity contribution in [1.82, 2.24) is 14.9 Å². The minimum Gasteiger partial charge on any atom is -0.454 e. The molecule has 0 bridgehead atoms. The normalized spacial score (nSPS) is 18.9. The number of benzene rings is 1. The first kappa shape index (κ1) is 32.4. The Morgan fingerprint density at radius 3 is 2.58 bits per heavy atom. The number of hydrogen-bond donors (Lipinski definition) is 1. The largest absolute Gasteiger partial charge is 0.454 e. The molecule has 2 unspecified atom stereocenters. The monoisotopic (exact) mass is 633 g/mol. The number of carbonyl (C=O) groups is 3. The van der Waals surface area contributed by atoms with Gasteiger partial charge in [-0.1, -0.05) is 50.8 Å². The van der Waals surface area contributed by atoms with E-state index in [9.17, 15) is 19.2 Å². The van der Waals surface area contributed by atoms with Crippen molar-refractivity contribution < 1.29 is 28.6 Å². The molecule has 2 aliphatic heterocycles. The minimum absolute atomic E-state index is 0.0560. The third-order valence-corrected chi connectivity index (χ3v) is 10.0. The van der Waals surface area contributed by atoms with Gasteiger partial charge in [-0.05, 0) is 58.2 Å². The molecule has 0 aliphatic carbocycles. The van der Waals surface area contributed by atoms with Gasteiger partial charge in [0.1, 0.15) is 11.7 Å². The maximum Gasteiger partial charge on any atom is 0.407 e. The highest BCUT2D eigenvalue weighted by molar-refractivity contribution is 6.76. The van der Waals surface area contributed by atoms with Crippen LogP contribution in [0.25, 0.3) is 22.3 Å². The van der Waals surface area contributed by atoms with Crippen LogP contribution in [0.4, 0.5) is 4.79 Å². The lowest BCUT2D eigenvalue weighted by molar-refractivity contribution is -0.193. The summed E-state index contributed by atoms with van der Waals surface area (Å²) in [6, 6.07) is 12.5. The van der Waals surface area contributed by atoms with Gasteiger partial charge in [0.15, 0.2) is 0 Å². The minimum atomic E-state index is -1.78. The number of alkyl carbamates (subject to hydrolysis) is 1. The van der Waals surface area contributed by atoms with E-state index in [1.807, 2.05) is 36.4 Å². The molecular weight excluding hydrogens is 590 g/mol. The summed E-state index contributed by atoms with van der Waals surface area (Å²) in [4.78, 5) is 58.3. The van der Waals surface area contributed by atoms with Crippen LogP contribution in [0.3, 0.4) is 0 Å². The van der Waals surface area contributed by atoms with Gasteiger partial charge in [0, 0.05) is 37.6 Å². The number of para-hydroxylation sites is 1. The zero-order valence-corrected chi connectivity index (χ0v) is 28.2. The fourth-order valence-electron chi connectivity index (χ4n) is 5.98. The molecule has 0 spiro atoms. The van der Waals surface area contributed by atoms with Gasteiger partial charge in [-0.15, -0.1) is 0 Å². The number of rotatable bonds is 9. The van der Waals surface area contributed by atoms with Gasteiger partial charge < -0.3 is 24.1 Å². The molecule has 0 saturated heterocycles. The number of amides is 1. The number of nitrogens with one attached hydrogen (secondary N) is 1. The SMILES string of the molecule is CCC1(OC(=O)CCCNC(=O)OC(C)(C)C)C(=O)OC(CC[Si](C)(C)C)c2c1cc1n(c2=O)Cc2cc3ccccc3nc2-1. The molecule has 3 aromatic rings. The van der Waals surface area contributed by atoms with Gasteiger partial charge in [0.2, 0.25) is 5.60 Å². The summed E-state index contributed by atoms with van der Waals surface area (Å²) in [5.41, 5.74) is 1.05. The van der Waals surface area contributed by atoms with Crippen molar-refractivity contribution in [1.29, 1.82) is 0 Å². The predicted molar refractivity (Wildman–Crippen MR) is 174 cm³/mol. The highest BCUT2D eigenvalue weighted by atomic mass is 28.3. The average molecular weight is 634 g/mol.